The van der Waals surface area contributed by atoms with Crippen LogP contribution in [-0.4, -0.2) is 30.7 Å². The first kappa shape index (κ1) is 38.6. The topological polar surface area (TPSA) is 66.2 Å². The second-order valence-electron chi connectivity index (χ2n) is 17.6. The van der Waals surface area contributed by atoms with E-state index in [1.54, 1.807) is 0 Å². The van der Waals surface area contributed by atoms with Gasteiger partial charge in [-0.1, -0.05) is 0 Å². The van der Waals surface area contributed by atoms with E-state index in [4.69, 9.17) is 9.97 Å². The number of phenolic OH excluding ortho intramolecular Hbond substituents is 2. The Bertz CT molecular complexity index is 2340. The zero-order valence-electron chi connectivity index (χ0n) is 33.2. The number of aromatic nitrogens is 2. The summed E-state index contributed by atoms with van der Waals surface area (Å²) in [5.41, 5.74) is 9.83. The van der Waals surface area contributed by atoms with Crippen LogP contribution in [0.15, 0.2) is 97.1 Å². The van der Waals surface area contributed by atoms with Crippen LogP contribution in [0.5, 0.6) is 11.5 Å². The number of nitrogens with zero attached hydrogens (tertiary/aromatic N) is 2. The molecule has 1 fully saturated rings. The molecular weight excluding hydrogens is 749 g/mol. The molecule has 1 saturated carbocycles. The SMILES string of the molecule is CC(C)(C)c1cc(C[S]2=[Ti]=[S](Cc3cc(C(C)(C)C)cc(-c4ccc5ccccc5n4)c3O)[C@H]3CCCCCCC32)c(O)c(-c2ccc3ccccc3n2)c1. The molecule has 3 heterocycles. The number of pyridine rings is 2. The molecule has 0 radical (unpaired) electrons. The molecule has 6 aromatic rings. The van der Waals surface area contributed by atoms with Crippen LogP contribution in [-0.2, 0) is 37.8 Å². The van der Waals surface area contributed by atoms with E-state index in [0.717, 1.165) is 67.0 Å². The minimum atomic E-state index is -0.382. The second kappa shape index (κ2) is 15.6. The summed E-state index contributed by atoms with van der Waals surface area (Å²) in [4.78, 5) is 10.1. The molecule has 284 valence electrons. The van der Waals surface area contributed by atoms with Gasteiger partial charge in [-0.2, -0.15) is 0 Å². The molecule has 4 atom stereocenters. The number of benzene rings is 4. The van der Waals surface area contributed by atoms with Crippen LogP contribution in [0.3, 0.4) is 0 Å². The van der Waals surface area contributed by atoms with Gasteiger partial charge in [0.2, 0.25) is 0 Å². The molecule has 1 aliphatic heterocycles. The molecule has 3 unspecified atom stereocenters. The number of aromatic hydroxyl groups is 2. The van der Waals surface area contributed by atoms with Gasteiger partial charge >= 0.3 is 340 Å². The molecule has 0 amide bonds. The van der Waals surface area contributed by atoms with Crippen LogP contribution in [0.1, 0.15) is 102 Å². The van der Waals surface area contributed by atoms with Gasteiger partial charge in [0.15, 0.2) is 0 Å². The fraction of sp³-hybridized carbons (Fsp3) is 0.375. The third kappa shape index (κ3) is 8.12. The number of rotatable bonds is 6. The maximum atomic E-state index is 12.2. The summed E-state index contributed by atoms with van der Waals surface area (Å²) in [7, 11) is 0.454. The fourth-order valence-corrected chi connectivity index (χ4v) is 29.1. The van der Waals surface area contributed by atoms with E-state index in [2.05, 4.69) is 114 Å². The summed E-state index contributed by atoms with van der Waals surface area (Å²) in [5.74, 6) is 2.71. The first-order valence-corrected chi connectivity index (χ1v) is 26.7. The van der Waals surface area contributed by atoms with E-state index >= 15 is 0 Å². The average molecular weight is 803 g/mol. The number of hydrogen-bond acceptors (Lipinski definition) is 4. The second-order valence-corrected chi connectivity index (χ2v) is 29.1. The third-order valence-corrected chi connectivity index (χ3v) is 27.5. The van der Waals surface area contributed by atoms with Crippen molar-refractivity contribution in [1.29, 1.82) is 0 Å². The van der Waals surface area contributed by atoms with Crippen LogP contribution >= 0.6 is 15.9 Å². The van der Waals surface area contributed by atoms with Crippen molar-refractivity contribution in [2.24, 2.45) is 0 Å². The number of fused-ring (bicyclic) bond motifs is 3. The zero-order valence-corrected chi connectivity index (χ0v) is 36.3. The summed E-state index contributed by atoms with van der Waals surface area (Å²) < 4.78 is 0. The van der Waals surface area contributed by atoms with Gasteiger partial charge in [0.25, 0.3) is 0 Å². The van der Waals surface area contributed by atoms with Crippen LogP contribution in [0.25, 0.3) is 44.3 Å². The van der Waals surface area contributed by atoms with Crippen molar-refractivity contribution < 1.29 is 25.7 Å². The molecular formula is C48H54N2O2S2Ti. The zero-order chi connectivity index (χ0) is 38.5. The standard InChI is InChI=1S/C48H54N2O2S2.Ti/c1-47(2,3)35-25-33(45(51)37(27-35)41-23-21-31-15-11-13-17-39(31)49-41)29-53-43-19-9-7-8-10-20-44(43)54-30-34-26-36(48(4,5)6)28-38(46(34)52)42-24-22-32-16-12-14-18-40(32)50-42;/h11-18,21-28,43-44,51-52H,7-10,19-20,29-30H2,1-6H3;/t43-,44?;/m0./s1. The molecule has 4 nitrogen and oxygen atoms in total. The van der Waals surface area contributed by atoms with E-state index in [9.17, 15) is 10.2 Å². The first-order chi connectivity index (χ1) is 26.3. The van der Waals surface area contributed by atoms with E-state index in [-0.39, 0.29) is 42.2 Å². The van der Waals surface area contributed by atoms with Gasteiger partial charge in [-0.25, -0.2) is 0 Å². The minimum absolute atomic E-state index is 0.0661. The third-order valence-electron chi connectivity index (χ3n) is 11.6. The van der Waals surface area contributed by atoms with E-state index in [1.807, 2.05) is 24.3 Å². The van der Waals surface area contributed by atoms with Crippen molar-refractivity contribution in [3.8, 4) is 34.0 Å². The van der Waals surface area contributed by atoms with Gasteiger partial charge in [-0.05, 0) is 0 Å². The van der Waals surface area contributed by atoms with Crippen molar-refractivity contribution in [3.05, 3.63) is 119 Å². The Hall–Kier alpha value is -3.29. The molecule has 2 N–H and O–H groups in total. The Morgan fingerprint density at radius 1 is 0.564 bits per heavy atom. The molecule has 1 aliphatic carbocycles. The Morgan fingerprint density at radius 2 is 0.982 bits per heavy atom. The number of para-hydroxylation sites is 2. The predicted octanol–water partition coefficient (Wildman–Crippen LogP) is 13.4. The maximum absolute atomic E-state index is 12.2. The summed E-state index contributed by atoms with van der Waals surface area (Å²) in [6, 6.07) is 33.8. The molecule has 7 heteroatoms. The summed E-state index contributed by atoms with van der Waals surface area (Å²) >= 11 is -0.382. The van der Waals surface area contributed by atoms with Crippen LogP contribution in [0.4, 0.5) is 0 Å². The molecule has 0 spiro atoms. The van der Waals surface area contributed by atoms with Gasteiger partial charge in [-0.3, -0.25) is 0 Å². The molecule has 0 saturated heterocycles. The first-order valence-electron chi connectivity index (χ1n) is 19.9. The van der Waals surface area contributed by atoms with Gasteiger partial charge in [0.05, 0.1) is 0 Å². The van der Waals surface area contributed by atoms with Crippen molar-refractivity contribution >= 4 is 37.7 Å². The van der Waals surface area contributed by atoms with Crippen molar-refractivity contribution in [2.45, 2.75) is 113 Å². The number of hydrogen-bond donors (Lipinski definition) is 2. The van der Waals surface area contributed by atoms with Gasteiger partial charge in [0.1, 0.15) is 0 Å². The van der Waals surface area contributed by atoms with Crippen molar-refractivity contribution in [2.75, 3.05) is 0 Å². The quantitative estimate of drug-likeness (QED) is 0.165. The van der Waals surface area contributed by atoms with Crippen molar-refractivity contribution in [3.63, 3.8) is 0 Å². The van der Waals surface area contributed by atoms with E-state index in [0.29, 0.717) is 22.0 Å². The van der Waals surface area contributed by atoms with Gasteiger partial charge < -0.3 is 0 Å². The molecule has 2 aromatic heterocycles. The Morgan fingerprint density at radius 3 is 1.40 bits per heavy atom. The Kier molecular flexibility index (Phi) is 10.9. The average Bonchev–Trinajstić information content (AvgIpc) is 3.45. The molecule has 55 heavy (non-hydrogen) atoms. The monoisotopic (exact) mass is 802 g/mol. The summed E-state index contributed by atoms with van der Waals surface area (Å²) in [5, 5.41) is 27.9. The number of phenols is 2. The fourth-order valence-electron chi connectivity index (χ4n) is 8.23. The van der Waals surface area contributed by atoms with Gasteiger partial charge in [-0.15, -0.1) is 0 Å². The van der Waals surface area contributed by atoms with Gasteiger partial charge in [0, 0.05) is 0 Å². The summed E-state index contributed by atoms with van der Waals surface area (Å²) in [6.07, 6.45) is 7.84. The van der Waals surface area contributed by atoms with Crippen LogP contribution < -0.4 is 0 Å². The Balaban J connectivity index is 1.23. The van der Waals surface area contributed by atoms with E-state index < -0.39 is 0 Å². The van der Waals surface area contributed by atoms with E-state index in [1.165, 1.54) is 49.7 Å². The summed E-state index contributed by atoms with van der Waals surface area (Å²) in [6.45, 7) is 13.6. The molecule has 4 aromatic carbocycles. The van der Waals surface area contributed by atoms with Crippen LogP contribution in [0.2, 0.25) is 0 Å². The predicted molar refractivity (Wildman–Crippen MR) is 233 cm³/mol. The Labute approximate surface area is 337 Å². The normalized spacial score (nSPS) is 20.4. The molecule has 2 aliphatic rings. The molecule has 8 rings (SSSR count). The molecule has 0 bridgehead atoms. The van der Waals surface area contributed by atoms with Crippen molar-refractivity contribution in [1.82, 2.24) is 9.97 Å². The van der Waals surface area contributed by atoms with Crippen LogP contribution in [0, 0.1) is 0 Å².